The molecular weight excluding hydrogens is 446 g/mol. The maximum absolute atomic E-state index is 12.6. The lowest BCUT2D eigenvalue weighted by atomic mass is 10.1. The topological polar surface area (TPSA) is 92.9 Å². The number of nitrogens with zero attached hydrogens (tertiary/aromatic N) is 2. The number of anilines is 4. The molecule has 4 aromatic carbocycles. The average molecular weight is 466 g/mol. The van der Waals surface area contributed by atoms with Crippen molar-refractivity contribution in [1.29, 1.82) is 0 Å². The fourth-order valence-corrected chi connectivity index (χ4v) is 3.78. The molecule has 0 aliphatic carbocycles. The Morgan fingerprint density at radius 2 is 1.56 bits per heavy atom. The van der Waals surface area contributed by atoms with Gasteiger partial charge in [-0.1, -0.05) is 54.1 Å². The second kappa shape index (κ2) is 9.21. The lowest BCUT2D eigenvalue weighted by Gasteiger charge is -2.12. The van der Waals surface area contributed by atoms with Crippen LogP contribution in [-0.4, -0.2) is 15.9 Å². The van der Waals surface area contributed by atoms with Crippen LogP contribution in [0.4, 0.5) is 23.0 Å². The standard InChI is InChI=1S/C27H20ClN5O/c28-19-12-15-23-21(16-19)25(17-6-2-1-3-7-17)33-27(32-23)30-20-13-10-18(11-14-20)26(34)31-24-9-5-4-8-22(24)29/h1-16H,29H2,(H,31,34)(H,30,32,33). The number of halogens is 1. The van der Waals surface area contributed by atoms with E-state index in [9.17, 15) is 4.79 Å². The molecule has 1 amide bonds. The van der Waals surface area contributed by atoms with Crippen molar-refractivity contribution in [3.05, 3.63) is 108 Å². The lowest BCUT2D eigenvalue weighted by Crippen LogP contribution is -2.13. The number of nitrogens with one attached hydrogen (secondary N) is 2. The first-order valence-corrected chi connectivity index (χ1v) is 11.0. The van der Waals surface area contributed by atoms with E-state index in [1.807, 2.05) is 60.7 Å². The summed E-state index contributed by atoms with van der Waals surface area (Å²) in [5.74, 6) is 0.206. The normalized spacial score (nSPS) is 10.7. The van der Waals surface area contributed by atoms with Crippen LogP contribution < -0.4 is 16.4 Å². The van der Waals surface area contributed by atoms with E-state index in [0.717, 1.165) is 27.8 Å². The molecule has 0 bridgehead atoms. The maximum atomic E-state index is 12.6. The van der Waals surface area contributed by atoms with Gasteiger partial charge in [-0.25, -0.2) is 9.97 Å². The number of rotatable bonds is 5. The van der Waals surface area contributed by atoms with Crippen molar-refractivity contribution in [3.8, 4) is 11.3 Å². The van der Waals surface area contributed by atoms with Gasteiger partial charge in [0, 0.05) is 27.2 Å². The third-order valence-corrected chi connectivity index (χ3v) is 5.55. The monoisotopic (exact) mass is 465 g/mol. The SMILES string of the molecule is Nc1ccccc1NC(=O)c1ccc(Nc2nc(-c3ccccc3)c3cc(Cl)ccc3n2)cc1. The van der Waals surface area contributed by atoms with E-state index in [1.54, 1.807) is 36.4 Å². The van der Waals surface area contributed by atoms with Crippen LogP contribution in [-0.2, 0) is 0 Å². The van der Waals surface area contributed by atoms with Crippen LogP contribution in [0.1, 0.15) is 10.4 Å². The minimum absolute atomic E-state index is 0.241. The molecule has 0 aliphatic heterocycles. The summed E-state index contributed by atoms with van der Waals surface area (Å²) < 4.78 is 0. The van der Waals surface area contributed by atoms with Crippen molar-refractivity contribution in [2.75, 3.05) is 16.4 Å². The van der Waals surface area contributed by atoms with Gasteiger partial charge in [-0.2, -0.15) is 0 Å². The molecule has 5 aromatic rings. The lowest BCUT2D eigenvalue weighted by molar-refractivity contribution is 0.102. The Hall–Kier alpha value is -4.42. The number of hydrogen-bond acceptors (Lipinski definition) is 5. The number of carbonyl (C=O) groups excluding carboxylic acids is 1. The molecule has 4 N–H and O–H groups in total. The highest BCUT2D eigenvalue weighted by atomic mass is 35.5. The van der Waals surface area contributed by atoms with Crippen LogP contribution in [0.2, 0.25) is 5.02 Å². The first kappa shape index (κ1) is 21.4. The zero-order valence-corrected chi connectivity index (χ0v) is 18.8. The minimum Gasteiger partial charge on any atom is -0.397 e. The molecule has 6 nitrogen and oxygen atoms in total. The van der Waals surface area contributed by atoms with Gasteiger partial charge >= 0.3 is 0 Å². The van der Waals surface area contributed by atoms with Crippen molar-refractivity contribution >= 4 is 51.4 Å². The summed E-state index contributed by atoms with van der Waals surface area (Å²) in [5.41, 5.74) is 10.8. The molecule has 1 heterocycles. The van der Waals surface area contributed by atoms with Crippen LogP contribution in [0.25, 0.3) is 22.2 Å². The number of amides is 1. The van der Waals surface area contributed by atoms with Gasteiger partial charge in [0.2, 0.25) is 5.95 Å². The second-order valence-electron chi connectivity index (χ2n) is 7.67. The second-order valence-corrected chi connectivity index (χ2v) is 8.10. The van der Waals surface area contributed by atoms with Crippen LogP contribution in [0.5, 0.6) is 0 Å². The highest BCUT2D eigenvalue weighted by Crippen LogP contribution is 2.30. The Morgan fingerprint density at radius 3 is 2.32 bits per heavy atom. The number of benzene rings is 4. The van der Waals surface area contributed by atoms with E-state index < -0.39 is 0 Å². The third kappa shape index (κ3) is 4.53. The Balaban J connectivity index is 1.42. The van der Waals surface area contributed by atoms with Crippen LogP contribution in [0, 0.1) is 0 Å². The van der Waals surface area contributed by atoms with Crippen molar-refractivity contribution < 1.29 is 4.79 Å². The summed E-state index contributed by atoms with van der Waals surface area (Å²) in [5, 5.41) is 7.56. The summed E-state index contributed by atoms with van der Waals surface area (Å²) >= 11 is 6.24. The number of nitrogen functional groups attached to an aromatic ring is 1. The molecule has 0 atom stereocenters. The first-order valence-electron chi connectivity index (χ1n) is 10.6. The van der Waals surface area contributed by atoms with Crippen molar-refractivity contribution in [1.82, 2.24) is 9.97 Å². The Labute approximate surface area is 201 Å². The smallest absolute Gasteiger partial charge is 0.255 e. The van der Waals surface area contributed by atoms with Crippen molar-refractivity contribution in [2.45, 2.75) is 0 Å². The highest BCUT2D eigenvalue weighted by Gasteiger charge is 2.12. The van der Waals surface area contributed by atoms with E-state index >= 15 is 0 Å². The number of fused-ring (bicyclic) bond motifs is 1. The average Bonchev–Trinajstić information content (AvgIpc) is 2.86. The van der Waals surface area contributed by atoms with Gasteiger partial charge in [-0.05, 0) is 54.6 Å². The van der Waals surface area contributed by atoms with Gasteiger partial charge in [0.25, 0.3) is 5.91 Å². The van der Waals surface area contributed by atoms with Gasteiger partial charge in [0.1, 0.15) is 0 Å². The number of para-hydroxylation sites is 2. The van der Waals surface area contributed by atoms with Gasteiger partial charge < -0.3 is 16.4 Å². The first-order chi connectivity index (χ1) is 16.6. The van der Waals surface area contributed by atoms with Gasteiger partial charge in [-0.3, -0.25) is 4.79 Å². The predicted octanol–water partition coefficient (Wildman–Crippen LogP) is 6.53. The molecule has 0 radical (unpaired) electrons. The van der Waals surface area contributed by atoms with Gasteiger partial charge in [0.05, 0.1) is 22.6 Å². The Morgan fingerprint density at radius 1 is 0.824 bits per heavy atom. The van der Waals surface area contributed by atoms with Gasteiger partial charge in [0.15, 0.2) is 0 Å². The quantitative estimate of drug-likeness (QED) is 0.257. The Bertz CT molecular complexity index is 1490. The molecule has 7 heteroatoms. The summed E-state index contributed by atoms with van der Waals surface area (Å²) in [7, 11) is 0. The van der Waals surface area contributed by atoms with Crippen molar-refractivity contribution in [2.24, 2.45) is 0 Å². The fourth-order valence-electron chi connectivity index (χ4n) is 3.61. The van der Waals surface area contributed by atoms with Crippen LogP contribution in [0.15, 0.2) is 97.1 Å². The van der Waals surface area contributed by atoms with E-state index in [4.69, 9.17) is 22.3 Å². The van der Waals surface area contributed by atoms with E-state index in [1.165, 1.54) is 0 Å². The molecular formula is C27H20ClN5O. The molecule has 0 saturated carbocycles. The van der Waals surface area contributed by atoms with E-state index in [2.05, 4.69) is 15.6 Å². The van der Waals surface area contributed by atoms with E-state index in [-0.39, 0.29) is 5.91 Å². The summed E-state index contributed by atoms with van der Waals surface area (Å²) in [6, 6.07) is 29.7. The zero-order valence-electron chi connectivity index (χ0n) is 18.0. The predicted molar refractivity (Wildman–Crippen MR) is 139 cm³/mol. The van der Waals surface area contributed by atoms with Gasteiger partial charge in [-0.15, -0.1) is 0 Å². The zero-order chi connectivity index (χ0) is 23.5. The summed E-state index contributed by atoms with van der Waals surface area (Å²) in [4.78, 5) is 22.0. The minimum atomic E-state index is -0.241. The molecule has 0 unspecified atom stereocenters. The largest absolute Gasteiger partial charge is 0.397 e. The maximum Gasteiger partial charge on any atom is 0.255 e. The van der Waals surface area contributed by atoms with E-state index in [0.29, 0.717) is 27.9 Å². The number of nitrogens with two attached hydrogens (primary N) is 1. The van der Waals surface area contributed by atoms with Crippen LogP contribution >= 0.6 is 11.6 Å². The van der Waals surface area contributed by atoms with Crippen LogP contribution in [0.3, 0.4) is 0 Å². The summed E-state index contributed by atoms with van der Waals surface area (Å²) in [6.45, 7) is 0. The molecule has 34 heavy (non-hydrogen) atoms. The van der Waals surface area contributed by atoms with Crippen molar-refractivity contribution in [3.63, 3.8) is 0 Å². The summed E-state index contributed by atoms with van der Waals surface area (Å²) in [6.07, 6.45) is 0. The molecule has 0 fully saturated rings. The molecule has 166 valence electrons. The molecule has 5 rings (SSSR count). The number of carbonyl (C=O) groups is 1. The number of hydrogen-bond donors (Lipinski definition) is 3. The third-order valence-electron chi connectivity index (χ3n) is 5.32. The molecule has 1 aromatic heterocycles. The fraction of sp³-hybridized carbons (Fsp3) is 0. The Kier molecular flexibility index (Phi) is 5.81. The molecule has 0 spiro atoms. The molecule has 0 saturated heterocycles. The number of aromatic nitrogens is 2. The highest BCUT2D eigenvalue weighted by molar-refractivity contribution is 6.31. The molecule has 0 aliphatic rings.